The van der Waals surface area contributed by atoms with Crippen LogP contribution in [0.5, 0.6) is 0 Å². The minimum absolute atomic E-state index is 0.299. The predicted octanol–water partition coefficient (Wildman–Crippen LogP) is 3.93. The number of carbonyl (C=O) groups is 1. The van der Waals surface area contributed by atoms with Crippen molar-refractivity contribution in [2.45, 2.75) is 65.0 Å². The van der Waals surface area contributed by atoms with Gasteiger partial charge in [0.25, 0.3) is 0 Å². The van der Waals surface area contributed by atoms with Crippen LogP contribution in [0.3, 0.4) is 0 Å². The summed E-state index contributed by atoms with van der Waals surface area (Å²) >= 11 is 0. The summed E-state index contributed by atoms with van der Waals surface area (Å²) in [5.74, 6) is 4.03. The first-order valence-electron chi connectivity index (χ1n) is 11.8. The summed E-state index contributed by atoms with van der Waals surface area (Å²) in [4.78, 5) is 12.1. The van der Waals surface area contributed by atoms with Gasteiger partial charge in [-0.15, -0.1) is 0 Å². The van der Waals surface area contributed by atoms with Crippen LogP contribution >= 0.6 is 0 Å². The molecule has 29 heavy (non-hydrogen) atoms. The number of fused-ring (bicyclic) bond motifs is 2. The highest BCUT2D eigenvalue weighted by molar-refractivity contribution is 6.66. The van der Waals surface area contributed by atoms with Crippen molar-refractivity contribution in [3.05, 3.63) is 0 Å². The molecule has 0 aliphatic heterocycles. The van der Waals surface area contributed by atoms with Gasteiger partial charge in [-0.05, 0) is 100 Å². The van der Waals surface area contributed by atoms with Gasteiger partial charge in [-0.1, -0.05) is 0 Å². The van der Waals surface area contributed by atoms with E-state index in [4.69, 9.17) is 13.6 Å². The van der Waals surface area contributed by atoms with Gasteiger partial charge in [0.2, 0.25) is 0 Å². The molecule has 4 saturated carbocycles. The minimum atomic E-state index is -2.11. The zero-order valence-electron chi connectivity index (χ0n) is 18.5. The number of carbonyl (C=O) groups excluding carboxylic acids is 1. The molecular formula is C22H41NO5Si. The highest BCUT2D eigenvalue weighted by Crippen LogP contribution is 2.58. The Labute approximate surface area is 177 Å². The summed E-state index contributed by atoms with van der Waals surface area (Å²) in [5, 5.41) is 12.6. The Kier molecular flexibility index (Phi) is 8.42. The molecule has 4 aliphatic carbocycles. The molecule has 7 heteroatoms. The van der Waals surface area contributed by atoms with E-state index >= 15 is 0 Å². The summed E-state index contributed by atoms with van der Waals surface area (Å²) in [6, 6.07) is 0.871. The van der Waals surface area contributed by atoms with E-state index in [9.17, 15) is 9.90 Å². The van der Waals surface area contributed by atoms with Crippen LogP contribution in [0, 0.1) is 35.5 Å². The zero-order chi connectivity index (χ0) is 20.9. The number of aliphatic hydroxyl groups excluding tert-OH is 1. The second kappa shape index (κ2) is 10.6. The van der Waals surface area contributed by atoms with E-state index in [2.05, 4.69) is 11.9 Å². The molecule has 0 radical (unpaired) electrons. The highest BCUT2D eigenvalue weighted by Gasteiger charge is 2.52. The molecule has 4 fully saturated rings. The maximum absolute atomic E-state index is 12.1. The van der Waals surface area contributed by atoms with Gasteiger partial charge in [-0.3, -0.25) is 0 Å². The fourth-order valence-electron chi connectivity index (χ4n) is 6.51. The van der Waals surface area contributed by atoms with Crippen LogP contribution in [0.25, 0.3) is 0 Å². The van der Waals surface area contributed by atoms with Crippen LogP contribution in [0.1, 0.15) is 52.4 Å². The van der Waals surface area contributed by atoms with E-state index in [1.165, 1.54) is 32.1 Å². The maximum Gasteiger partial charge on any atom is 0.407 e. The second-order valence-electron chi connectivity index (χ2n) is 9.47. The van der Waals surface area contributed by atoms with Gasteiger partial charge in [-0.25, -0.2) is 4.79 Å². The fourth-order valence-corrected chi connectivity index (χ4v) is 8.93. The number of rotatable bonds is 11. The Morgan fingerprint density at radius 1 is 1.07 bits per heavy atom. The van der Waals surface area contributed by atoms with Crippen LogP contribution in [0.4, 0.5) is 4.79 Å². The summed E-state index contributed by atoms with van der Waals surface area (Å²) in [5.41, 5.74) is 0. The molecular weight excluding hydrogens is 386 g/mol. The molecule has 0 heterocycles. The number of amides is 1. The van der Waals surface area contributed by atoms with Crippen molar-refractivity contribution in [1.82, 2.24) is 5.32 Å². The van der Waals surface area contributed by atoms with Crippen LogP contribution in [-0.2, 0) is 13.6 Å². The smallest absolute Gasteiger partial charge is 0.407 e. The first-order chi connectivity index (χ1) is 14.0. The number of ether oxygens (including phenoxy) is 1. The summed E-state index contributed by atoms with van der Waals surface area (Å²) in [6.07, 6.45) is 6.75. The van der Waals surface area contributed by atoms with E-state index in [1.54, 1.807) is 0 Å². The van der Waals surface area contributed by atoms with Gasteiger partial charge in [0.05, 0.1) is 6.61 Å². The van der Waals surface area contributed by atoms with Crippen molar-refractivity contribution >= 4 is 14.7 Å². The second-order valence-corrected chi connectivity index (χ2v) is 12.8. The van der Waals surface area contributed by atoms with Crippen molar-refractivity contribution in [2.75, 3.05) is 33.0 Å². The Morgan fingerprint density at radius 2 is 1.79 bits per heavy atom. The number of aliphatic hydroxyl groups is 1. The third-order valence-corrected chi connectivity index (χ3v) is 10.7. The minimum Gasteiger partial charge on any atom is -0.449 e. The fraction of sp³-hybridized carbons (Fsp3) is 0.955. The van der Waals surface area contributed by atoms with Gasteiger partial charge >= 0.3 is 14.7 Å². The lowest BCUT2D eigenvalue weighted by atomic mass is 9.56. The van der Waals surface area contributed by atoms with E-state index in [1.807, 2.05) is 13.8 Å². The monoisotopic (exact) mass is 427 g/mol. The van der Waals surface area contributed by atoms with Crippen molar-refractivity contribution in [1.29, 1.82) is 0 Å². The first-order valence-corrected chi connectivity index (χ1v) is 14.3. The molecule has 0 aromatic carbocycles. The van der Waals surface area contributed by atoms with Crippen LogP contribution < -0.4 is 5.32 Å². The Balaban J connectivity index is 1.33. The third-order valence-electron chi connectivity index (χ3n) is 7.66. The average Bonchev–Trinajstić information content (AvgIpc) is 3.16. The molecule has 6 nitrogen and oxygen atoms in total. The van der Waals surface area contributed by atoms with Gasteiger partial charge in [0.15, 0.2) is 0 Å². The molecule has 1 amide bonds. The van der Waals surface area contributed by atoms with Crippen molar-refractivity contribution < 1.29 is 23.5 Å². The molecule has 0 aromatic heterocycles. The summed E-state index contributed by atoms with van der Waals surface area (Å²) in [7, 11) is -2.11. The lowest BCUT2D eigenvalue weighted by Gasteiger charge is -2.50. The maximum atomic E-state index is 12.1. The standard InChI is InChI=1S/C22H41NO5Si/c1-4-27-29(3,28-5-2)10-6-9-23-22(25)26-15-16-11-20-17-7-8-19(21(20)12-16)18(13-17)14-24/h16-21,24H,4-15H2,1-3H3,(H,23,25). The van der Waals surface area contributed by atoms with Crippen LogP contribution in [0.2, 0.25) is 12.6 Å². The zero-order valence-corrected chi connectivity index (χ0v) is 19.5. The van der Waals surface area contributed by atoms with Crippen molar-refractivity contribution in [2.24, 2.45) is 35.5 Å². The molecule has 4 rings (SSSR count). The molecule has 0 saturated heterocycles. The Bertz CT molecular complexity index is 527. The number of hydrogen-bond acceptors (Lipinski definition) is 5. The molecule has 0 spiro atoms. The molecule has 2 bridgehead atoms. The SMILES string of the molecule is CCO[Si](C)(CCCNC(=O)OCC1CC2C3CCC(C(CO)C3)C2C1)OCC. The van der Waals surface area contributed by atoms with Crippen LogP contribution in [-0.4, -0.2) is 52.7 Å². The van der Waals surface area contributed by atoms with E-state index in [0.717, 1.165) is 30.2 Å². The Hall–Kier alpha value is -0.633. The lowest BCUT2D eigenvalue weighted by molar-refractivity contribution is -0.0288. The largest absolute Gasteiger partial charge is 0.449 e. The molecule has 4 aliphatic rings. The summed E-state index contributed by atoms with van der Waals surface area (Å²) in [6.45, 7) is 8.90. The van der Waals surface area contributed by atoms with Gasteiger partial charge < -0.3 is 24.0 Å². The molecule has 168 valence electrons. The summed E-state index contributed by atoms with van der Waals surface area (Å²) < 4.78 is 17.2. The van der Waals surface area contributed by atoms with Crippen molar-refractivity contribution in [3.63, 3.8) is 0 Å². The van der Waals surface area contributed by atoms with Gasteiger partial charge in [0.1, 0.15) is 0 Å². The molecule has 2 N–H and O–H groups in total. The highest BCUT2D eigenvalue weighted by atomic mass is 28.4. The van der Waals surface area contributed by atoms with Crippen molar-refractivity contribution in [3.8, 4) is 0 Å². The quantitative estimate of drug-likeness (QED) is 0.386. The third kappa shape index (κ3) is 5.74. The average molecular weight is 428 g/mol. The topological polar surface area (TPSA) is 77.0 Å². The number of nitrogens with one attached hydrogen (secondary N) is 1. The van der Waals surface area contributed by atoms with Crippen LogP contribution in [0.15, 0.2) is 0 Å². The normalized spacial score (nSPS) is 33.5. The molecule has 6 atom stereocenters. The Morgan fingerprint density at radius 3 is 2.48 bits per heavy atom. The predicted molar refractivity (Wildman–Crippen MR) is 115 cm³/mol. The van der Waals surface area contributed by atoms with E-state index < -0.39 is 8.56 Å². The lowest BCUT2D eigenvalue weighted by Crippen LogP contribution is -2.43. The molecule has 6 unspecified atom stereocenters. The number of alkyl carbamates (subject to hydrolysis) is 1. The van der Waals surface area contributed by atoms with Gasteiger partial charge in [0, 0.05) is 26.4 Å². The first kappa shape index (κ1) is 23.0. The molecule has 0 aromatic rings. The van der Waals surface area contributed by atoms with E-state index in [-0.39, 0.29) is 6.09 Å². The van der Waals surface area contributed by atoms with E-state index in [0.29, 0.717) is 50.7 Å². The number of hydrogen-bond donors (Lipinski definition) is 2. The van der Waals surface area contributed by atoms with Gasteiger partial charge in [-0.2, -0.15) is 0 Å².